The lowest BCUT2D eigenvalue weighted by atomic mass is 9.90. The van der Waals surface area contributed by atoms with Gasteiger partial charge in [-0.05, 0) is 57.4 Å². The molecule has 0 unspecified atom stereocenters. The highest BCUT2D eigenvalue weighted by Gasteiger charge is 2.18. The first-order valence-electron chi connectivity index (χ1n) is 17.3. The number of hydrogen-bond acceptors (Lipinski definition) is 5. The monoisotopic (exact) mass is 663 g/mol. The summed E-state index contributed by atoms with van der Waals surface area (Å²) in [6, 6.07) is 56.6. The fourth-order valence-electron chi connectivity index (χ4n) is 7.28. The molecular weight excluding hydrogens is 635 g/mol. The van der Waals surface area contributed by atoms with Gasteiger partial charge in [0, 0.05) is 56.4 Å². The third-order valence-corrected chi connectivity index (χ3v) is 9.75. The lowest BCUT2D eigenvalue weighted by molar-refractivity contribution is 1.07. The topological polar surface area (TPSA) is 64.5 Å². The van der Waals surface area contributed by atoms with E-state index in [9.17, 15) is 0 Å². The molecule has 3 aromatic heterocycles. The molecule has 3 heterocycles. The van der Waals surface area contributed by atoms with E-state index in [1.54, 1.807) is 0 Å². The Morgan fingerprint density at radius 1 is 0.346 bits per heavy atom. The summed E-state index contributed by atoms with van der Waals surface area (Å²) in [7, 11) is 0. The predicted octanol–water partition coefficient (Wildman–Crippen LogP) is 11.6. The normalized spacial score (nSPS) is 11.5. The van der Waals surface area contributed by atoms with Gasteiger partial charge in [0.1, 0.15) is 0 Å². The van der Waals surface area contributed by atoms with Crippen LogP contribution in [0.4, 0.5) is 0 Å². The van der Waals surface area contributed by atoms with Crippen LogP contribution in [0.25, 0.3) is 99.8 Å². The smallest absolute Gasteiger partial charge is 0.164 e. The van der Waals surface area contributed by atoms with Gasteiger partial charge in [-0.3, -0.25) is 4.98 Å². The van der Waals surface area contributed by atoms with Crippen molar-refractivity contribution in [3.8, 4) is 56.5 Å². The molecule has 52 heavy (non-hydrogen) atoms. The van der Waals surface area contributed by atoms with Crippen molar-refractivity contribution < 1.29 is 0 Å². The molecule has 242 valence electrons. The first kappa shape index (κ1) is 29.8. The lowest BCUT2D eigenvalue weighted by Gasteiger charge is -2.16. The number of pyridine rings is 2. The summed E-state index contributed by atoms with van der Waals surface area (Å²) in [5.41, 5.74) is 7.77. The van der Waals surface area contributed by atoms with Crippen LogP contribution >= 0.6 is 0 Å². The second kappa shape index (κ2) is 12.3. The van der Waals surface area contributed by atoms with Crippen molar-refractivity contribution in [3.63, 3.8) is 0 Å². The molecule has 0 fully saturated rings. The fraction of sp³-hybridized carbons (Fsp3) is 0. The highest BCUT2D eigenvalue weighted by molar-refractivity contribution is 6.25. The molecule has 0 radical (unpaired) electrons. The molecule has 0 saturated heterocycles. The number of benzene rings is 7. The van der Waals surface area contributed by atoms with Gasteiger partial charge in [0.05, 0.1) is 11.2 Å². The summed E-state index contributed by atoms with van der Waals surface area (Å²) < 4.78 is 0. The summed E-state index contributed by atoms with van der Waals surface area (Å²) in [5.74, 6) is 1.85. The van der Waals surface area contributed by atoms with Gasteiger partial charge < -0.3 is 0 Å². The van der Waals surface area contributed by atoms with Crippen molar-refractivity contribution >= 4 is 43.2 Å². The van der Waals surface area contributed by atoms with Crippen molar-refractivity contribution in [3.05, 3.63) is 176 Å². The number of nitrogens with zero attached hydrogens (tertiary/aromatic N) is 5. The van der Waals surface area contributed by atoms with Gasteiger partial charge in [-0.2, -0.15) is 0 Å². The van der Waals surface area contributed by atoms with E-state index in [2.05, 4.69) is 132 Å². The second-order valence-electron chi connectivity index (χ2n) is 12.9. The largest absolute Gasteiger partial charge is 0.264 e. The summed E-state index contributed by atoms with van der Waals surface area (Å²) in [6.07, 6.45) is 3.75. The zero-order chi connectivity index (χ0) is 34.4. The van der Waals surface area contributed by atoms with E-state index in [0.717, 1.165) is 60.8 Å². The van der Waals surface area contributed by atoms with Crippen molar-refractivity contribution in [1.82, 2.24) is 24.9 Å². The molecule has 0 N–H and O–H groups in total. The van der Waals surface area contributed by atoms with Crippen molar-refractivity contribution in [2.75, 3.05) is 0 Å². The average Bonchev–Trinajstić information content (AvgIpc) is 3.23. The lowest BCUT2D eigenvalue weighted by Crippen LogP contribution is -2.00. The molecule has 0 aliphatic heterocycles. The van der Waals surface area contributed by atoms with Crippen molar-refractivity contribution in [1.29, 1.82) is 0 Å². The molecule has 0 aliphatic carbocycles. The van der Waals surface area contributed by atoms with E-state index >= 15 is 0 Å². The standard InChI is InChI=1S/C47H29N5/c1-2-13-31(14-3-1)45-50-46(52-47(51-45)35-24-23-30-12-4-5-15-32(30)26-35)34-17-10-16-33(27-34)44-41-28-40(36-18-11-25-48-29-36)37-19-6-7-20-38(37)43(41)39-21-8-9-22-42(39)49-44/h1-29H. The molecular formula is C47H29N5. The van der Waals surface area contributed by atoms with E-state index < -0.39 is 0 Å². The number of para-hydroxylation sites is 1. The van der Waals surface area contributed by atoms with E-state index in [-0.39, 0.29) is 0 Å². The first-order valence-corrected chi connectivity index (χ1v) is 17.3. The Hall–Kier alpha value is -7.11. The number of hydrogen-bond donors (Lipinski definition) is 0. The Kier molecular flexibility index (Phi) is 7.07. The molecule has 0 spiro atoms. The highest BCUT2D eigenvalue weighted by Crippen LogP contribution is 2.42. The minimum absolute atomic E-state index is 0.602. The maximum Gasteiger partial charge on any atom is 0.164 e. The predicted molar refractivity (Wildman–Crippen MR) is 213 cm³/mol. The molecule has 0 amide bonds. The van der Waals surface area contributed by atoms with Crippen molar-refractivity contribution in [2.24, 2.45) is 0 Å². The molecule has 0 bridgehead atoms. The molecule has 7 aromatic carbocycles. The van der Waals surface area contributed by atoms with Gasteiger partial charge in [0.25, 0.3) is 0 Å². The van der Waals surface area contributed by atoms with Crippen LogP contribution in [-0.2, 0) is 0 Å². The third kappa shape index (κ3) is 5.15. The Morgan fingerprint density at radius 3 is 1.79 bits per heavy atom. The summed E-state index contributed by atoms with van der Waals surface area (Å²) in [5, 5.41) is 8.05. The number of rotatable bonds is 5. The summed E-state index contributed by atoms with van der Waals surface area (Å²) in [6.45, 7) is 0. The Labute approximate surface area is 300 Å². The number of fused-ring (bicyclic) bond motifs is 6. The van der Waals surface area contributed by atoms with Crippen LogP contribution in [0, 0.1) is 0 Å². The Bertz CT molecular complexity index is 2960. The molecule has 5 heteroatoms. The first-order chi connectivity index (χ1) is 25.8. The Morgan fingerprint density at radius 2 is 0.981 bits per heavy atom. The van der Waals surface area contributed by atoms with Crippen LogP contribution in [0.15, 0.2) is 176 Å². The Balaban J connectivity index is 1.21. The van der Waals surface area contributed by atoms with Crippen molar-refractivity contribution in [2.45, 2.75) is 0 Å². The van der Waals surface area contributed by atoms with Crippen LogP contribution in [0.5, 0.6) is 0 Å². The molecule has 10 rings (SSSR count). The second-order valence-corrected chi connectivity index (χ2v) is 12.9. The van der Waals surface area contributed by atoms with Gasteiger partial charge in [0.2, 0.25) is 0 Å². The van der Waals surface area contributed by atoms with Gasteiger partial charge >= 0.3 is 0 Å². The van der Waals surface area contributed by atoms with E-state index in [0.29, 0.717) is 17.5 Å². The number of aromatic nitrogens is 5. The van der Waals surface area contributed by atoms with Crippen LogP contribution < -0.4 is 0 Å². The third-order valence-electron chi connectivity index (χ3n) is 9.75. The van der Waals surface area contributed by atoms with E-state index in [1.807, 2.05) is 48.8 Å². The minimum Gasteiger partial charge on any atom is -0.264 e. The molecule has 10 aromatic rings. The van der Waals surface area contributed by atoms with Crippen LogP contribution in [0.2, 0.25) is 0 Å². The SMILES string of the molecule is c1ccc(-c2nc(-c3cccc(-c4nc5ccccc5c5c4cc(-c4cccnc4)c4ccccc45)c3)nc(-c3ccc4ccccc4c3)n2)cc1. The quantitative estimate of drug-likeness (QED) is 0.171. The minimum atomic E-state index is 0.602. The van der Waals surface area contributed by atoms with Gasteiger partial charge in [-0.1, -0.05) is 133 Å². The van der Waals surface area contributed by atoms with Gasteiger partial charge in [-0.15, -0.1) is 0 Å². The average molecular weight is 664 g/mol. The molecule has 0 saturated carbocycles. The summed E-state index contributed by atoms with van der Waals surface area (Å²) in [4.78, 5) is 24.9. The van der Waals surface area contributed by atoms with Crippen LogP contribution in [0.3, 0.4) is 0 Å². The zero-order valence-corrected chi connectivity index (χ0v) is 28.0. The van der Waals surface area contributed by atoms with Gasteiger partial charge in [-0.25, -0.2) is 19.9 Å². The maximum atomic E-state index is 5.34. The fourth-order valence-corrected chi connectivity index (χ4v) is 7.28. The summed E-state index contributed by atoms with van der Waals surface area (Å²) >= 11 is 0. The molecule has 0 aliphatic rings. The maximum absolute atomic E-state index is 5.34. The van der Waals surface area contributed by atoms with E-state index in [1.165, 1.54) is 21.5 Å². The molecule has 0 atom stereocenters. The highest BCUT2D eigenvalue weighted by atomic mass is 15.0. The van der Waals surface area contributed by atoms with Crippen LogP contribution in [0.1, 0.15) is 0 Å². The van der Waals surface area contributed by atoms with E-state index in [4.69, 9.17) is 19.9 Å². The van der Waals surface area contributed by atoms with Crippen LogP contribution in [-0.4, -0.2) is 24.9 Å². The zero-order valence-electron chi connectivity index (χ0n) is 28.0. The van der Waals surface area contributed by atoms with Gasteiger partial charge in [0.15, 0.2) is 17.5 Å². The molecule has 5 nitrogen and oxygen atoms in total.